The molecular weight excluding hydrogens is 344 g/mol. The van der Waals surface area contributed by atoms with Gasteiger partial charge in [-0.25, -0.2) is 0 Å². The molecule has 0 amide bonds. The van der Waals surface area contributed by atoms with Gasteiger partial charge in [-0.05, 0) is 68.2 Å². The van der Waals surface area contributed by atoms with Crippen LogP contribution in [0, 0.1) is 11.8 Å². The summed E-state index contributed by atoms with van der Waals surface area (Å²) in [4.78, 5) is 0. The van der Waals surface area contributed by atoms with E-state index in [2.05, 4.69) is 26.0 Å². The summed E-state index contributed by atoms with van der Waals surface area (Å²) in [6, 6.07) is 8.05. The smallest absolute Gasteiger partial charge is 0.120 e. The van der Waals surface area contributed by atoms with Crippen LogP contribution in [0.1, 0.15) is 90.9 Å². The van der Waals surface area contributed by atoms with Crippen molar-refractivity contribution in [3.8, 4) is 11.5 Å². The first kappa shape index (κ1) is 22.8. The van der Waals surface area contributed by atoms with Crippen molar-refractivity contribution in [3.63, 3.8) is 0 Å². The van der Waals surface area contributed by atoms with Gasteiger partial charge in [-0.3, -0.25) is 0 Å². The number of ether oxygens (including phenoxy) is 2. The van der Waals surface area contributed by atoms with E-state index in [0.717, 1.165) is 36.4 Å². The normalized spacial score (nSPS) is 19.8. The van der Waals surface area contributed by atoms with E-state index in [1.165, 1.54) is 70.6 Å². The molecule has 0 spiro atoms. The first-order valence-electron chi connectivity index (χ1n) is 11.8. The molecule has 2 rings (SSSR count). The molecule has 1 aliphatic carbocycles. The van der Waals surface area contributed by atoms with Crippen LogP contribution in [0.5, 0.6) is 11.5 Å². The zero-order valence-corrected chi connectivity index (χ0v) is 18.3. The van der Waals surface area contributed by atoms with E-state index >= 15 is 0 Å². The Morgan fingerprint density at radius 1 is 0.786 bits per heavy atom. The molecule has 1 saturated carbocycles. The molecule has 1 aliphatic rings. The standard InChI is InChI=1S/C26H42O2/c1-3-5-7-9-21-27-25-17-19-26(20-18-25)28-22-10-12-24-15-13-23(14-16-24)11-8-6-4-2/h10,12,17-20,23-24H,3-9,11,13-16,21-22H2,1-2H3/b12-10+/t23-,24-. The van der Waals surface area contributed by atoms with Crippen molar-refractivity contribution >= 4 is 0 Å². The van der Waals surface area contributed by atoms with Gasteiger partial charge >= 0.3 is 0 Å². The molecule has 0 radical (unpaired) electrons. The Morgan fingerprint density at radius 2 is 1.43 bits per heavy atom. The van der Waals surface area contributed by atoms with Gasteiger partial charge in [0, 0.05) is 0 Å². The summed E-state index contributed by atoms with van der Waals surface area (Å²) < 4.78 is 11.6. The van der Waals surface area contributed by atoms with Gasteiger partial charge in [-0.15, -0.1) is 0 Å². The Bertz CT molecular complexity index is 512. The lowest BCUT2D eigenvalue weighted by Crippen LogP contribution is -2.13. The van der Waals surface area contributed by atoms with E-state index in [9.17, 15) is 0 Å². The molecule has 2 heteroatoms. The van der Waals surface area contributed by atoms with Crippen LogP contribution in [-0.4, -0.2) is 13.2 Å². The second-order valence-electron chi connectivity index (χ2n) is 8.40. The van der Waals surface area contributed by atoms with E-state index in [0.29, 0.717) is 6.61 Å². The summed E-state index contributed by atoms with van der Waals surface area (Å²) in [6.45, 7) is 5.99. The first-order valence-corrected chi connectivity index (χ1v) is 11.8. The highest BCUT2D eigenvalue weighted by Crippen LogP contribution is 2.32. The molecule has 0 bridgehead atoms. The maximum absolute atomic E-state index is 5.85. The van der Waals surface area contributed by atoms with Crippen LogP contribution in [0.2, 0.25) is 0 Å². The Hall–Kier alpha value is -1.44. The Balaban J connectivity index is 1.56. The summed E-state index contributed by atoms with van der Waals surface area (Å²) in [6.07, 6.45) is 20.7. The number of rotatable bonds is 14. The number of hydrogen-bond donors (Lipinski definition) is 0. The van der Waals surface area contributed by atoms with Crippen LogP contribution < -0.4 is 9.47 Å². The predicted molar refractivity (Wildman–Crippen MR) is 120 cm³/mol. The summed E-state index contributed by atoms with van der Waals surface area (Å²) in [7, 11) is 0. The third kappa shape index (κ3) is 9.66. The van der Waals surface area contributed by atoms with Crippen molar-refractivity contribution in [1.82, 2.24) is 0 Å². The van der Waals surface area contributed by atoms with Crippen molar-refractivity contribution in [1.29, 1.82) is 0 Å². The largest absolute Gasteiger partial charge is 0.494 e. The molecule has 0 heterocycles. The topological polar surface area (TPSA) is 18.5 Å². The highest BCUT2D eigenvalue weighted by molar-refractivity contribution is 5.31. The average Bonchev–Trinajstić information content (AvgIpc) is 2.73. The summed E-state index contributed by atoms with van der Waals surface area (Å²) in [5.41, 5.74) is 0. The monoisotopic (exact) mass is 386 g/mol. The van der Waals surface area contributed by atoms with E-state index in [-0.39, 0.29) is 0 Å². The molecule has 1 fully saturated rings. The lowest BCUT2D eigenvalue weighted by atomic mass is 9.79. The van der Waals surface area contributed by atoms with Gasteiger partial charge in [0.15, 0.2) is 0 Å². The van der Waals surface area contributed by atoms with E-state index in [1.54, 1.807) is 0 Å². The van der Waals surface area contributed by atoms with Crippen molar-refractivity contribution in [3.05, 3.63) is 36.4 Å². The lowest BCUT2D eigenvalue weighted by Gasteiger charge is -2.26. The zero-order chi connectivity index (χ0) is 19.9. The van der Waals surface area contributed by atoms with Crippen molar-refractivity contribution in [2.75, 3.05) is 13.2 Å². The Labute approximate surface area is 173 Å². The second kappa shape index (κ2) is 14.5. The highest BCUT2D eigenvalue weighted by Gasteiger charge is 2.18. The molecule has 0 aliphatic heterocycles. The van der Waals surface area contributed by atoms with Crippen LogP contribution in [-0.2, 0) is 0 Å². The maximum Gasteiger partial charge on any atom is 0.120 e. The first-order chi connectivity index (χ1) is 13.8. The van der Waals surface area contributed by atoms with Crippen LogP contribution in [0.15, 0.2) is 36.4 Å². The molecule has 2 nitrogen and oxygen atoms in total. The fraction of sp³-hybridized carbons (Fsp3) is 0.692. The minimum absolute atomic E-state index is 0.660. The minimum atomic E-state index is 0.660. The molecular formula is C26H42O2. The van der Waals surface area contributed by atoms with Gasteiger partial charge in [-0.2, -0.15) is 0 Å². The third-order valence-electron chi connectivity index (χ3n) is 5.95. The van der Waals surface area contributed by atoms with Crippen molar-refractivity contribution in [2.45, 2.75) is 90.9 Å². The fourth-order valence-electron chi connectivity index (χ4n) is 4.10. The number of hydrogen-bond acceptors (Lipinski definition) is 2. The average molecular weight is 387 g/mol. The summed E-state index contributed by atoms with van der Waals surface area (Å²) in [5.74, 6) is 3.60. The molecule has 158 valence electrons. The second-order valence-corrected chi connectivity index (χ2v) is 8.40. The minimum Gasteiger partial charge on any atom is -0.494 e. The Morgan fingerprint density at radius 3 is 2.11 bits per heavy atom. The van der Waals surface area contributed by atoms with Crippen LogP contribution in [0.3, 0.4) is 0 Å². The van der Waals surface area contributed by atoms with Gasteiger partial charge in [0.2, 0.25) is 0 Å². The molecule has 0 N–H and O–H groups in total. The van der Waals surface area contributed by atoms with E-state index in [1.807, 2.05) is 24.3 Å². The van der Waals surface area contributed by atoms with Crippen LogP contribution in [0.4, 0.5) is 0 Å². The number of allylic oxidation sites excluding steroid dienone is 1. The SMILES string of the molecule is CCCCCCOc1ccc(OC/C=C/[C@H]2CC[C@H](CCCCC)CC2)cc1. The van der Waals surface area contributed by atoms with Gasteiger partial charge in [0.1, 0.15) is 18.1 Å². The fourth-order valence-corrected chi connectivity index (χ4v) is 4.10. The third-order valence-corrected chi connectivity index (χ3v) is 5.95. The lowest BCUT2D eigenvalue weighted by molar-refractivity contribution is 0.288. The highest BCUT2D eigenvalue weighted by atomic mass is 16.5. The molecule has 1 aromatic rings. The maximum atomic E-state index is 5.85. The zero-order valence-electron chi connectivity index (χ0n) is 18.3. The summed E-state index contributed by atoms with van der Waals surface area (Å²) >= 11 is 0. The summed E-state index contributed by atoms with van der Waals surface area (Å²) in [5, 5.41) is 0. The van der Waals surface area contributed by atoms with E-state index in [4.69, 9.17) is 9.47 Å². The van der Waals surface area contributed by atoms with Gasteiger partial charge in [0.05, 0.1) is 6.61 Å². The molecule has 28 heavy (non-hydrogen) atoms. The van der Waals surface area contributed by atoms with Gasteiger partial charge < -0.3 is 9.47 Å². The predicted octanol–water partition coefficient (Wildman–Crippen LogP) is 7.97. The molecule has 0 unspecified atom stereocenters. The van der Waals surface area contributed by atoms with Gasteiger partial charge in [-0.1, -0.05) is 70.9 Å². The van der Waals surface area contributed by atoms with Crippen LogP contribution >= 0.6 is 0 Å². The Kier molecular flexibility index (Phi) is 11.9. The molecule has 0 aromatic heterocycles. The van der Waals surface area contributed by atoms with Crippen molar-refractivity contribution in [2.24, 2.45) is 11.8 Å². The van der Waals surface area contributed by atoms with Crippen molar-refractivity contribution < 1.29 is 9.47 Å². The molecule has 0 atom stereocenters. The van der Waals surface area contributed by atoms with Gasteiger partial charge in [0.25, 0.3) is 0 Å². The number of unbranched alkanes of at least 4 members (excludes halogenated alkanes) is 5. The quantitative estimate of drug-likeness (QED) is 0.238. The van der Waals surface area contributed by atoms with E-state index < -0.39 is 0 Å². The number of benzene rings is 1. The van der Waals surface area contributed by atoms with Crippen LogP contribution in [0.25, 0.3) is 0 Å². The molecule has 0 saturated heterocycles. The molecule has 1 aromatic carbocycles.